The van der Waals surface area contributed by atoms with Crippen molar-refractivity contribution in [3.8, 4) is 0 Å². The summed E-state index contributed by atoms with van der Waals surface area (Å²) in [6.07, 6.45) is 2.80. The summed E-state index contributed by atoms with van der Waals surface area (Å²) in [5.41, 5.74) is 6.57. The largest absolute Gasteiger partial charge is 0.355 e. The topological polar surface area (TPSA) is 72.2 Å². The maximum absolute atomic E-state index is 11.9. The molecule has 1 aliphatic rings. The molecule has 1 aromatic carbocycles. The summed E-state index contributed by atoms with van der Waals surface area (Å²) in [6, 6.07) is 7.44. The summed E-state index contributed by atoms with van der Waals surface area (Å²) in [6.45, 7) is 0.515. The van der Waals surface area contributed by atoms with Crippen molar-refractivity contribution >= 4 is 46.7 Å². The Morgan fingerprint density at radius 3 is 2.43 bits per heavy atom. The predicted octanol–water partition coefficient (Wildman–Crippen LogP) is 2.53. The van der Waals surface area contributed by atoms with Crippen molar-refractivity contribution in [3.63, 3.8) is 0 Å². The smallest absolute Gasteiger partial charge is 0.220 e. The van der Waals surface area contributed by atoms with Crippen molar-refractivity contribution in [2.45, 2.75) is 31.7 Å². The Balaban J connectivity index is 0.00000220. The van der Waals surface area contributed by atoms with Crippen molar-refractivity contribution in [2.24, 2.45) is 11.7 Å². The van der Waals surface area contributed by atoms with Crippen LogP contribution in [-0.4, -0.2) is 24.3 Å². The molecule has 1 aliphatic carbocycles. The summed E-state index contributed by atoms with van der Waals surface area (Å²) in [5, 5.41) is 2.80. The molecular formula is C15H20ClIN2O2. The van der Waals surface area contributed by atoms with E-state index in [1.807, 2.05) is 12.1 Å². The highest BCUT2D eigenvalue weighted by atomic mass is 127. The first-order chi connectivity index (χ1) is 9.56. The molecule has 3 N–H and O–H groups in total. The van der Waals surface area contributed by atoms with Crippen LogP contribution in [0.15, 0.2) is 24.3 Å². The van der Waals surface area contributed by atoms with Crippen LogP contribution in [0.5, 0.6) is 0 Å². The fourth-order valence-corrected chi connectivity index (χ4v) is 2.38. The molecule has 2 rings (SSSR count). The molecule has 0 aliphatic heterocycles. The number of halogens is 2. The lowest BCUT2D eigenvalue weighted by Gasteiger charge is -2.11. The zero-order valence-electron chi connectivity index (χ0n) is 11.7. The van der Waals surface area contributed by atoms with Gasteiger partial charge in [-0.3, -0.25) is 9.59 Å². The Morgan fingerprint density at radius 2 is 1.86 bits per heavy atom. The Morgan fingerprint density at radius 1 is 1.24 bits per heavy atom. The third kappa shape index (κ3) is 6.32. The minimum Gasteiger partial charge on any atom is -0.355 e. The van der Waals surface area contributed by atoms with Crippen molar-refractivity contribution in [1.29, 1.82) is 0 Å². The number of carbonyl (C=O) groups is 2. The second-order valence-corrected chi connectivity index (χ2v) is 6.48. The van der Waals surface area contributed by atoms with Crippen LogP contribution < -0.4 is 11.1 Å². The average Bonchev–Trinajstić information content (AvgIpc) is 3.27. The van der Waals surface area contributed by atoms with Gasteiger partial charge in [0.2, 0.25) is 5.91 Å². The maximum Gasteiger partial charge on any atom is 0.220 e. The summed E-state index contributed by atoms with van der Waals surface area (Å²) in [5.74, 6) is 0.478. The molecule has 116 valence electrons. The van der Waals surface area contributed by atoms with E-state index in [-0.39, 0.29) is 43.0 Å². The van der Waals surface area contributed by atoms with E-state index in [4.69, 9.17) is 5.73 Å². The van der Waals surface area contributed by atoms with Crippen LogP contribution in [0, 0.1) is 9.49 Å². The van der Waals surface area contributed by atoms with Crippen molar-refractivity contribution in [3.05, 3.63) is 33.4 Å². The first-order valence-corrected chi connectivity index (χ1v) is 7.95. The van der Waals surface area contributed by atoms with E-state index in [1.165, 1.54) is 12.8 Å². The van der Waals surface area contributed by atoms with Gasteiger partial charge in [-0.25, -0.2) is 0 Å². The number of nitrogens with one attached hydrogen (secondary N) is 1. The zero-order valence-corrected chi connectivity index (χ0v) is 14.7. The standard InChI is InChI=1S/C15H19IN2O2.ClH/c16-12-5-3-11(4-6-12)14(19)7-8-15(20)18-9-13(17)10-1-2-10;/h3-6,10,13H,1-2,7-9,17H2,(H,18,20);1H. The number of benzene rings is 1. The predicted molar refractivity (Wildman–Crippen MR) is 93.7 cm³/mol. The monoisotopic (exact) mass is 422 g/mol. The first kappa shape index (κ1) is 18.4. The normalized spacial score (nSPS) is 15.0. The molecule has 0 aromatic heterocycles. The van der Waals surface area contributed by atoms with Crippen LogP contribution in [0.4, 0.5) is 0 Å². The van der Waals surface area contributed by atoms with E-state index in [0.717, 1.165) is 3.57 Å². The molecule has 4 nitrogen and oxygen atoms in total. The van der Waals surface area contributed by atoms with E-state index in [9.17, 15) is 9.59 Å². The second-order valence-electron chi connectivity index (χ2n) is 5.24. The number of hydrogen-bond acceptors (Lipinski definition) is 3. The number of rotatable bonds is 7. The molecule has 0 bridgehead atoms. The molecular weight excluding hydrogens is 403 g/mol. The van der Waals surface area contributed by atoms with E-state index in [1.54, 1.807) is 12.1 Å². The summed E-state index contributed by atoms with van der Waals surface area (Å²) < 4.78 is 1.09. The number of hydrogen-bond donors (Lipinski definition) is 2. The Labute approximate surface area is 144 Å². The van der Waals surface area contributed by atoms with Crippen LogP contribution in [0.2, 0.25) is 0 Å². The van der Waals surface area contributed by atoms with Crippen molar-refractivity contribution < 1.29 is 9.59 Å². The molecule has 1 amide bonds. The highest BCUT2D eigenvalue weighted by Gasteiger charge is 2.28. The molecule has 0 heterocycles. The lowest BCUT2D eigenvalue weighted by atomic mass is 10.1. The molecule has 0 saturated heterocycles. The SMILES string of the molecule is Cl.NC(CNC(=O)CCC(=O)c1ccc(I)cc1)C1CC1. The van der Waals surface area contributed by atoms with Crippen molar-refractivity contribution in [1.82, 2.24) is 5.32 Å². The van der Waals surface area contributed by atoms with Crippen LogP contribution in [0.25, 0.3) is 0 Å². The number of Topliss-reactive ketones (excluding diaryl/α,β-unsaturated/α-hetero) is 1. The van der Waals surface area contributed by atoms with E-state index in [2.05, 4.69) is 27.9 Å². The van der Waals surface area contributed by atoms with E-state index in [0.29, 0.717) is 18.0 Å². The van der Waals surface area contributed by atoms with Gasteiger partial charge in [-0.05, 0) is 53.5 Å². The molecule has 6 heteroatoms. The molecule has 1 fully saturated rings. The van der Waals surface area contributed by atoms with Gasteiger partial charge in [-0.2, -0.15) is 0 Å². The van der Waals surface area contributed by atoms with Gasteiger partial charge in [-0.15, -0.1) is 12.4 Å². The molecule has 1 unspecified atom stereocenters. The number of nitrogens with two attached hydrogens (primary N) is 1. The van der Waals surface area contributed by atoms with E-state index < -0.39 is 0 Å². The van der Waals surface area contributed by atoms with Gasteiger partial charge in [-0.1, -0.05) is 12.1 Å². The maximum atomic E-state index is 11.9. The van der Waals surface area contributed by atoms with Gasteiger partial charge in [0.15, 0.2) is 5.78 Å². The van der Waals surface area contributed by atoms with Gasteiger partial charge in [0.25, 0.3) is 0 Å². The van der Waals surface area contributed by atoms with Gasteiger partial charge >= 0.3 is 0 Å². The quantitative estimate of drug-likeness (QED) is 0.524. The van der Waals surface area contributed by atoms with Crippen LogP contribution in [0.3, 0.4) is 0 Å². The minimum absolute atomic E-state index is 0. The highest BCUT2D eigenvalue weighted by molar-refractivity contribution is 14.1. The van der Waals surface area contributed by atoms with E-state index >= 15 is 0 Å². The van der Waals surface area contributed by atoms with Crippen LogP contribution in [0.1, 0.15) is 36.0 Å². The fraction of sp³-hybridized carbons (Fsp3) is 0.467. The Bertz CT molecular complexity index is 489. The second kappa shape index (κ2) is 8.70. The van der Waals surface area contributed by atoms with Gasteiger partial charge < -0.3 is 11.1 Å². The molecule has 1 aromatic rings. The Hall–Kier alpha value is -0.660. The molecule has 1 saturated carbocycles. The summed E-state index contributed by atoms with van der Waals surface area (Å²) >= 11 is 2.19. The third-order valence-corrected chi connectivity index (χ3v) is 4.23. The first-order valence-electron chi connectivity index (χ1n) is 6.87. The van der Waals surface area contributed by atoms with Crippen molar-refractivity contribution in [2.75, 3.05) is 6.54 Å². The summed E-state index contributed by atoms with van der Waals surface area (Å²) in [4.78, 5) is 23.6. The lowest BCUT2D eigenvalue weighted by molar-refractivity contribution is -0.121. The van der Waals surface area contributed by atoms with Gasteiger partial charge in [0.1, 0.15) is 0 Å². The average molecular weight is 423 g/mol. The van der Waals surface area contributed by atoms with Crippen LogP contribution >= 0.6 is 35.0 Å². The molecule has 21 heavy (non-hydrogen) atoms. The number of amides is 1. The lowest BCUT2D eigenvalue weighted by Crippen LogP contribution is -2.38. The third-order valence-electron chi connectivity index (χ3n) is 3.51. The van der Waals surface area contributed by atoms with Crippen LogP contribution in [-0.2, 0) is 4.79 Å². The number of ketones is 1. The number of carbonyl (C=O) groups excluding carboxylic acids is 2. The molecule has 0 spiro atoms. The Kier molecular flexibility index (Phi) is 7.62. The minimum atomic E-state index is -0.0973. The highest BCUT2D eigenvalue weighted by Crippen LogP contribution is 2.31. The molecule has 0 radical (unpaired) electrons. The summed E-state index contributed by atoms with van der Waals surface area (Å²) in [7, 11) is 0. The zero-order chi connectivity index (χ0) is 14.5. The molecule has 1 atom stereocenters. The van der Waals surface area contributed by atoms with Gasteiger partial charge in [0, 0.05) is 34.6 Å². The fourth-order valence-electron chi connectivity index (χ4n) is 2.02. The van der Waals surface area contributed by atoms with Gasteiger partial charge in [0.05, 0.1) is 0 Å².